The van der Waals surface area contributed by atoms with Crippen LogP contribution in [0.2, 0.25) is 0 Å². The van der Waals surface area contributed by atoms with E-state index in [1.807, 2.05) is 17.0 Å². The number of carboxylic acids is 1. The molecular weight excluding hydrogens is 733 g/mol. The fraction of sp³-hybridized carbons (Fsp3) is 0.556. The Morgan fingerprint density at radius 1 is 0.807 bits per heavy atom. The molecule has 6 rings (SSSR count). The molecule has 2 amide bonds. The summed E-state index contributed by atoms with van der Waals surface area (Å²) in [4.78, 5) is 47.5. The number of amides is 2. The maximum absolute atomic E-state index is 13.7. The van der Waals surface area contributed by atoms with Gasteiger partial charge >= 0.3 is 18.0 Å². The summed E-state index contributed by atoms with van der Waals surface area (Å²) in [6, 6.07) is 10.6. The molecule has 2 unspecified atom stereocenters. The number of nitrogens with zero attached hydrogens (tertiary/aromatic N) is 1. The Hall–Kier alpha value is -4.58. The van der Waals surface area contributed by atoms with Gasteiger partial charge in [-0.25, -0.2) is 13.6 Å². The molecule has 0 spiro atoms. The predicted octanol–water partition coefficient (Wildman–Crippen LogP) is 8.26. The summed E-state index contributed by atoms with van der Waals surface area (Å²) in [7, 11) is 0. The Kier molecular flexibility index (Phi) is 14.9. The van der Waals surface area contributed by atoms with Gasteiger partial charge in [0.1, 0.15) is 29.4 Å². The van der Waals surface area contributed by atoms with Crippen molar-refractivity contribution in [1.29, 1.82) is 0 Å². The summed E-state index contributed by atoms with van der Waals surface area (Å²) in [5.41, 5.74) is 8.70. The summed E-state index contributed by atoms with van der Waals surface area (Å²) in [6.07, 6.45) is 2.66. The zero-order valence-corrected chi connectivity index (χ0v) is 35.2. The van der Waals surface area contributed by atoms with Gasteiger partial charge < -0.3 is 30.1 Å². The van der Waals surface area contributed by atoms with Crippen LogP contribution in [-0.2, 0) is 36.7 Å². The Morgan fingerprint density at radius 3 is 1.86 bits per heavy atom. The lowest BCUT2D eigenvalue weighted by Gasteiger charge is -2.40. The Bertz CT molecular complexity index is 1890. The number of carboxylic acid groups (broad SMARTS) is 1. The first-order valence-electron chi connectivity index (χ1n) is 20.0. The second-order valence-electron chi connectivity index (χ2n) is 17.8. The number of alkyl carbamates (subject to hydrolysis) is 1. The molecule has 12 heteroatoms. The third-order valence-corrected chi connectivity index (χ3v) is 10.1. The van der Waals surface area contributed by atoms with Crippen LogP contribution in [0.25, 0.3) is 11.1 Å². The second kappa shape index (κ2) is 18.8. The maximum Gasteiger partial charge on any atom is 0.408 e. The minimum Gasteiger partial charge on any atom is -0.481 e. The molecule has 0 aromatic heterocycles. The molecule has 2 aromatic rings. The third kappa shape index (κ3) is 12.5. The average Bonchev–Trinajstić information content (AvgIpc) is 3.65. The van der Waals surface area contributed by atoms with Gasteiger partial charge in [0.25, 0.3) is 0 Å². The highest BCUT2D eigenvalue weighted by Gasteiger charge is 2.38. The molecule has 2 aliphatic carbocycles. The van der Waals surface area contributed by atoms with Crippen LogP contribution >= 0.6 is 0 Å². The van der Waals surface area contributed by atoms with Crippen molar-refractivity contribution in [1.82, 2.24) is 15.5 Å². The van der Waals surface area contributed by atoms with Crippen molar-refractivity contribution >= 4 is 35.1 Å². The SMILES string of the molecule is CC(C)(C)OC(=O)CCC(=O)O.CC(C)C1C2=C(CCN1C(=O)CNC(=O)OC(C)(C)C)c1cc(F)ccc1C2.CC(C)C1NCCC2=C1Cc1ccc(F)cc12. The molecule has 312 valence electrons. The zero-order valence-electron chi connectivity index (χ0n) is 35.2. The largest absolute Gasteiger partial charge is 0.481 e. The van der Waals surface area contributed by atoms with E-state index >= 15 is 0 Å². The maximum atomic E-state index is 13.7. The number of benzene rings is 2. The van der Waals surface area contributed by atoms with Gasteiger partial charge in [0.2, 0.25) is 5.91 Å². The van der Waals surface area contributed by atoms with Crippen LogP contribution in [-0.4, -0.2) is 76.9 Å². The Balaban J connectivity index is 0.000000210. The molecule has 4 aliphatic rings. The van der Waals surface area contributed by atoms with Crippen LogP contribution in [0.4, 0.5) is 13.6 Å². The molecule has 2 aromatic carbocycles. The Morgan fingerprint density at radius 2 is 1.35 bits per heavy atom. The van der Waals surface area contributed by atoms with Crippen molar-refractivity contribution in [3.05, 3.63) is 81.4 Å². The molecule has 0 fully saturated rings. The number of ether oxygens (including phenoxy) is 2. The number of rotatable bonds is 7. The molecule has 0 saturated carbocycles. The van der Waals surface area contributed by atoms with Crippen LogP contribution in [0, 0.1) is 23.5 Å². The van der Waals surface area contributed by atoms with E-state index in [2.05, 4.69) is 38.3 Å². The van der Waals surface area contributed by atoms with E-state index in [0.29, 0.717) is 24.9 Å². The topological polar surface area (TPSA) is 134 Å². The average molecular weight is 794 g/mol. The molecule has 57 heavy (non-hydrogen) atoms. The summed E-state index contributed by atoms with van der Waals surface area (Å²) in [5.74, 6) is -1.11. The van der Waals surface area contributed by atoms with Crippen LogP contribution in [0.1, 0.15) is 117 Å². The molecule has 10 nitrogen and oxygen atoms in total. The number of aliphatic carboxylic acids is 1. The van der Waals surface area contributed by atoms with Crippen molar-refractivity contribution in [2.45, 2.75) is 131 Å². The quantitative estimate of drug-likeness (QED) is 0.239. The van der Waals surface area contributed by atoms with Gasteiger partial charge in [-0.05, 0) is 154 Å². The van der Waals surface area contributed by atoms with Gasteiger partial charge in [0, 0.05) is 12.6 Å². The van der Waals surface area contributed by atoms with Crippen LogP contribution < -0.4 is 10.6 Å². The van der Waals surface area contributed by atoms with E-state index in [-0.39, 0.29) is 48.9 Å². The lowest BCUT2D eigenvalue weighted by Crippen LogP contribution is -2.51. The van der Waals surface area contributed by atoms with Gasteiger partial charge in [0.05, 0.1) is 18.9 Å². The number of carbonyl (C=O) groups is 4. The first-order chi connectivity index (χ1) is 26.5. The summed E-state index contributed by atoms with van der Waals surface area (Å²) in [6.45, 7) is 20.7. The molecule has 0 radical (unpaired) electrons. The summed E-state index contributed by atoms with van der Waals surface area (Å²) >= 11 is 0. The van der Waals surface area contributed by atoms with Crippen molar-refractivity contribution in [3.8, 4) is 0 Å². The monoisotopic (exact) mass is 793 g/mol. The highest BCUT2D eigenvalue weighted by atomic mass is 19.1. The predicted molar refractivity (Wildman–Crippen MR) is 217 cm³/mol. The summed E-state index contributed by atoms with van der Waals surface area (Å²) < 4.78 is 37.2. The Labute approximate surface area is 336 Å². The molecule has 0 saturated heterocycles. The number of esters is 1. The van der Waals surface area contributed by atoms with E-state index in [1.165, 1.54) is 33.9 Å². The van der Waals surface area contributed by atoms with Gasteiger partial charge in [-0.3, -0.25) is 14.4 Å². The van der Waals surface area contributed by atoms with Crippen molar-refractivity contribution in [2.75, 3.05) is 19.6 Å². The molecule has 3 N–H and O–H groups in total. The first kappa shape index (κ1) is 45.1. The second-order valence-corrected chi connectivity index (χ2v) is 17.8. The molecule has 2 aliphatic heterocycles. The van der Waals surface area contributed by atoms with E-state index in [0.717, 1.165) is 42.5 Å². The van der Waals surface area contributed by atoms with E-state index in [4.69, 9.17) is 14.6 Å². The molecule has 0 bridgehead atoms. The van der Waals surface area contributed by atoms with Gasteiger partial charge in [-0.1, -0.05) is 39.8 Å². The lowest BCUT2D eigenvalue weighted by atomic mass is 9.86. The number of fused-ring (bicyclic) bond motifs is 4. The highest BCUT2D eigenvalue weighted by Crippen LogP contribution is 2.43. The first-order valence-corrected chi connectivity index (χ1v) is 20.0. The fourth-order valence-corrected chi connectivity index (χ4v) is 7.99. The zero-order chi connectivity index (χ0) is 42.4. The lowest BCUT2D eigenvalue weighted by molar-refractivity contribution is -0.157. The van der Waals surface area contributed by atoms with Gasteiger partial charge in [-0.15, -0.1) is 0 Å². The van der Waals surface area contributed by atoms with E-state index in [1.54, 1.807) is 59.7 Å². The number of hydrogen-bond acceptors (Lipinski definition) is 7. The molecule has 2 heterocycles. The number of carbonyl (C=O) groups excluding carboxylic acids is 3. The standard InChI is InChI=1S/C22H29FN2O3.C15H18FN.C8H14O4/c1-13(2)20-18-10-14-6-7-15(23)11-17(14)16(18)8-9-25(20)19(26)12-24-21(27)28-22(3,4)5;1-9(2)15-14-7-10-3-4-11(16)8-13(10)12(14)5-6-17-15;1-8(2,3)12-7(11)5-4-6(9)10/h6-7,11,13,20H,8-10,12H2,1-5H3,(H,24,27);3-4,8-9,15,17H,5-7H2,1-2H3;4-5H2,1-3H3,(H,9,10). The van der Waals surface area contributed by atoms with Crippen LogP contribution in [0.15, 0.2) is 47.5 Å². The highest BCUT2D eigenvalue weighted by molar-refractivity contribution is 5.86. The van der Waals surface area contributed by atoms with Crippen LogP contribution in [0.3, 0.4) is 0 Å². The minimum absolute atomic E-state index is 0.0489. The normalized spacial score (nSPS) is 18.4. The van der Waals surface area contributed by atoms with Crippen molar-refractivity contribution in [2.24, 2.45) is 11.8 Å². The smallest absolute Gasteiger partial charge is 0.408 e. The van der Waals surface area contributed by atoms with Gasteiger partial charge in [0.15, 0.2) is 0 Å². The van der Waals surface area contributed by atoms with Crippen LogP contribution in [0.5, 0.6) is 0 Å². The minimum atomic E-state index is -0.985. The summed E-state index contributed by atoms with van der Waals surface area (Å²) in [5, 5.41) is 14.4. The number of hydrogen-bond donors (Lipinski definition) is 3. The third-order valence-electron chi connectivity index (χ3n) is 10.1. The number of nitrogens with one attached hydrogen (secondary N) is 2. The molecule has 2 atom stereocenters. The van der Waals surface area contributed by atoms with E-state index < -0.39 is 29.2 Å². The van der Waals surface area contributed by atoms with Crippen molar-refractivity contribution in [3.63, 3.8) is 0 Å². The molecular formula is C45H61F2N3O7. The van der Waals surface area contributed by atoms with Gasteiger partial charge in [-0.2, -0.15) is 0 Å². The van der Waals surface area contributed by atoms with Crippen molar-refractivity contribution < 1.29 is 42.5 Å². The fourth-order valence-electron chi connectivity index (χ4n) is 7.99. The number of halogens is 2. The van der Waals surface area contributed by atoms with E-state index in [9.17, 15) is 28.0 Å².